The van der Waals surface area contributed by atoms with E-state index in [4.69, 9.17) is 0 Å². The van der Waals surface area contributed by atoms with Crippen LogP contribution in [0.3, 0.4) is 0 Å². The van der Waals surface area contributed by atoms with Gasteiger partial charge in [-0.15, -0.1) is 0 Å². The number of aryl methyl sites for hydroxylation is 1. The van der Waals surface area contributed by atoms with Gasteiger partial charge in [0, 0.05) is 11.3 Å². The lowest BCUT2D eigenvalue weighted by Gasteiger charge is -2.02. The van der Waals surface area contributed by atoms with Crippen LogP contribution >= 0.6 is 15.9 Å². The first-order valence-electron chi connectivity index (χ1n) is 4.75. The molecule has 0 fully saturated rings. The van der Waals surface area contributed by atoms with Gasteiger partial charge in [-0.1, -0.05) is 19.1 Å². The summed E-state index contributed by atoms with van der Waals surface area (Å²) < 4.78 is 0.692. The summed E-state index contributed by atoms with van der Waals surface area (Å²) in [6.07, 6.45) is 0.849. The van der Waals surface area contributed by atoms with Crippen LogP contribution in [0.5, 0.6) is 5.75 Å². The Balaban J connectivity index is 2.58. The predicted octanol–water partition coefficient (Wildman–Crippen LogP) is 3.11. The number of aromatic amines is 1. The van der Waals surface area contributed by atoms with Crippen molar-refractivity contribution < 1.29 is 5.11 Å². The lowest BCUT2D eigenvalue weighted by atomic mass is 10.1. The second-order valence-corrected chi connectivity index (χ2v) is 3.98. The molecule has 0 saturated carbocycles. The standard InChI is InChI=1S/C11H11BrN2O/c1-2-8-10(14-11(12)13-8)7-5-3-4-6-9(7)15/h3-6,15H,2H2,1H3,(H,13,14). The van der Waals surface area contributed by atoms with E-state index in [1.54, 1.807) is 12.1 Å². The quantitative estimate of drug-likeness (QED) is 0.878. The Morgan fingerprint density at radius 2 is 2.13 bits per heavy atom. The summed E-state index contributed by atoms with van der Waals surface area (Å²) in [6, 6.07) is 7.21. The van der Waals surface area contributed by atoms with Crippen molar-refractivity contribution in [3.05, 3.63) is 34.7 Å². The van der Waals surface area contributed by atoms with Crippen molar-refractivity contribution in [2.45, 2.75) is 13.3 Å². The fourth-order valence-corrected chi connectivity index (χ4v) is 1.95. The van der Waals surface area contributed by atoms with Gasteiger partial charge in [-0.3, -0.25) is 0 Å². The van der Waals surface area contributed by atoms with Crippen molar-refractivity contribution in [2.24, 2.45) is 0 Å². The minimum absolute atomic E-state index is 0.256. The van der Waals surface area contributed by atoms with E-state index in [9.17, 15) is 5.11 Å². The van der Waals surface area contributed by atoms with Gasteiger partial charge in [0.1, 0.15) is 5.75 Å². The first-order valence-corrected chi connectivity index (χ1v) is 5.54. The van der Waals surface area contributed by atoms with Crippen LogP contribution in [0, 0.1) is 0 Å². The highest BCUT2D eigenvalue weighted by molar-refractivity contribution is 9.10. The lowest BCUT2D eigenvalue weighted by molar-refractivity contribution is 0.477. The summed E-state index contributed by atoms with van der Waals surface area (Å²) in [7, 11) is 0. The molecule has 1 heterocycles. The largest absolute Gasteiger partial charge is 0.507 e. The molecule has 0 aliphatic carbocycles. The van der Waals surface area contributed by atoms with Crippen LogP contribution in [0.1, 0.15) is 12.6 Å². The van der Waals surface area contributed by atoms with Crippen LogP contribution in [0.15, 0.2) is 29.0 Å². The average molecular weight is 267 g/mol. The smallest absolute Gasteiger partial charge is 0.175 e. The third kappa shape index (κ3) is 1.90. The molecule has 0 bridgehead atoms. The molecule has 2 rings (SSSR count). The topological polar surface area (TPSA) is 48.9 Å². The number of phenols is 1. The third-order valence-electron chi connectivity index (χ3n) is 2.26. The van der Waals surface area contributed by atoms with Gasteiger partial charge >= 0.3 is 0 Å². The second-order valence-electron chi connectivity index (χ2n) is 3.23. The van der Waals surface area contributed by atoms with E-state index in [2.05, 4.69) is 25.9 Å². The van der Waals surface area contributed by atoms with Crippen LogP contribution in [0.2, 0.25) is 0 Å². The van der Waals surface area contributed by atoms with Gasteiger partial charge in [0.05, 0.1) is 5.69 Å². The van der Waals surface area contributed by atoms with Crippen LogP contribution < -0.4 is 0 Å². The first-order chi connectivity index (χ1) is 7.22. The summed E-state index contributed by atoms with van der Waals surface area (Å²) in [4.78, 5) is 7.43. The fraction of sp³-hybridized carbons (Fsp3) is 0.182. The predicted molar refractivity (Wildman–Crippen MR) is 62.8 cm³/mol. The number of nitrogens with one attached hydrogen (secondary N) is 1. The van der Waals surface area contributed by atoms with E-state index in [0.717, 1.165) is 23.4 Å². The molecule has 0 radical (unpaired) electrons. The molecule has 2 N–H and O–H groups in total. The molecule has 1 aromatic heterocycles. The summed E-state index contributed by atoms with van der Waals surface area (Å²) >= 11 is 3.30. The molecule has 4 heteroatoms. The highest BCUT2D eigenvalue weighted by Crippen LogP contribution is 2.30. The Hall–Kier alpha value is -1.29. The van der Waals surface area contributed by atoms with E-state index in [1.165, 1.54) is 0 Å². The number of para-hydroxylation sites is 1. The zero-order chi connectivity index (χ0) is 10.8. The normalized spacial score (nSPS) is 10.5. The van der Waals surface area contributed by atoms with Gasteiger partial charge in [0.2, 0.25) is 0 Å². The van der Waals surface area contributed by atoms with E-state index in [-0.39, 0.29) is 5.75 Å². The van der Waals surface area contributed by atoms with E-state index in [0.29, 0.717) is 4.73 Å². The van der Waals surface area contributed by atoms with Crippen LogP contribution in [0.25, 0.3) is 11.3 Å². The molecule has 3 nitrogen and oxygen atoms in total. The van der Waals surface area contributed by atoms with Crippen LogP contribution in [0.4, 0.5) is 0 Å². The zero-order valence-electron chi connectivity index (χ0n) is 8.29. The van der Waals surface area contributed by atoms with Gasteiger partial charge in [-0.2, -0.15) is 0 Å². The summed E-state index contributed by atoms with van der Waals surface area (Å²) in [5, 5.41) is 9.72. The third-order valence-corrected chi connectivity index (χ3v) is 2.64. The number of aromatic nitrogens is 2. The SMILES string of the molecule is CCc1[nH]c(Br)nc1-c1ccccc1O. The fourth-order valence-electron chi connectivity index (χ4n) is 1.53. The molecular weight excluding hydrogens is 256 g/mol. The molecular formula is C11H11BrN2O. The van der Waals surface area contributed by atoms with Crippen molar-refractivity contribution in [1.82, 2.24) is 9.97 Å². The maximum Gasteiger partial charge on any atom is 0.175 e. The van der Waals surface area contributed by atoms with Crippen molar-refractivity contribution in [1.29, 1.82) is 0 Å². The Kier molecular flexibility index (Phi) is 2.77. The monoisotopic (exact) mass is 266 g/mol. The van der Waals surface area contributed by atoms with Crippen molar-refractivity contribution >= 4 is 15.9 Å². The maximum atomic E-state index is 9.72. The number of rotatable bonds is 2. The molecule has 0 saturated heterocycles. The molecule has 15 heavy (non-hydrogen) atoms. The van der Waals surface area contributed by atoms with Gasteiger partial charge in [-0.25, -0.2) is 4.98 Å². The van der Waals surface area contributed by atoms with Crippen molar-refractivity contribution in [3.63, 3.8) is 0 Å². The number of hydrogen-bond donors (Lipinski definition) is 2. The van der Waals surface area contributed by atoms with Crippen LogP contribution in [-0.2, 0) is 6.42 Å². The number of imidazole rings is 1. The summed E-state index contributed by atoms with van der Waals surface area (Å²) in [5.41, 5.74) is 2.59. The van der Waals surface area contributed by atoms with Gasteiger partial charge in [0.25, 0.3) is 0 Å². The number of hydrogen-bond acceptors (Lipinski definition) is 2. The number of aromatic hydroxyl groups is 1. The minimum Gasteiger partial charge on any atom is -0.507 e. The van der Waals surface area contributed by atoms with E-state index < -0.39 is 0 Å². The van der Waals surface area contributed by atoms with Gasteiger partial charge in [-0.05, 0) is 34.5 Å². The Morgan fingerprint density at radius 1 is 1.40 bits per heavy atom. The molecule has 2 aromatic rings. The summed E-state index contributed by atoms with van der Waals surface area (Å²) in [5.74, 6) is 0.256. The molecule has 0 unspecified atom stereocenters. The van der Waals surface area contributed by atoms with Crippen molar-refractivity contribution in [3.8, 4) is 17.0 Å². The minimum atomic E-state index is 0.256. The first kappa shape index (κ1) is 10.2. The highest BCUT2D eigenvalue weighted by Gasteiger charge is 2.12. The molecule has 0 spiro atoms. The molecule has 0 aliphatic heterocycles. The lowest BCUT2D eigenvalue weighted by Crippen LogP contribution is -1.86. The Morgan fingerprint density at radius 3 is 2.80 bits per heavy atom. The number of phenolic OH excluding ortho intramolecular Hbond substituents is 1. The average Bonchev–Trinajstić information content (AvgIpc) is 2.60. The Bertz CT molecular complexity index is 479. The number of nitrogens with zero attached hydrogens (tertiary/aromatic N) is 1. The number of halogens is 1. The van der Waals surface area contributed by atoms with Gasteiger partial charge < -0.3 is 10.1 Å². The van der Waals surface area contributed by atoms with E-state index >= 15 is 0 Å². The molecule has 1 aromatic carbocycles. The number of benzene rings is 1. The number of H-pyrrole nitrogens is 1. The molecule has 0 amide bonds. The molecule has 78 valence electrons. The van der Waals surface area contributed by atoms with Crippen LogP contribution in [-0.4, -0.2) is 15.1 Å². The summed E-state index contributed by atoms with van der Waals surface area (Å²) in [6.45, 7) is 2.05. The second kappa shape index (κ2) is 4.06. The Labute approximate surface area is 96.3 Å². The van der Waals surface area contributed by atoms with Crippen molar-refractivity contribution in [2.75, 3.05) is 0 Å². The zero-order valence-corrected chi connectivity index (χ0v) is 9.87. The maximum absolute atomic E-state index is 9.72. The highest BCUT2D eigenvalue weighted by atomic mass is 79.9. The van der Waals surface area contributed by atoms with Gasteiger partial charge in [0.15, 0.2) is 4.73 Å². The molecule has 0 atom stereocenters. The molecule has 0 aliphatic rings. The van der Waals surface area contributed by atoms with E-state index in [1.807, 2.05) is 19.1 Å².